The maximum atomic E-state index is 14.3. The summed E-state index contributed by atoms with van der Waals surface area (Å²) in [4.78, 5) is 25.0. The second-order valence-electron chi connectivity index (χ2n) is 8.95. The minimum Gasteiger partial charge on any atom is -0.378 e. The lowest BCUT2D eigenvalue weighted by atomic mass is 10.1. The first-order valence-electron chi connectivity index (χ1n) is 11.8. The summed E-state index contributed by atoms with van der Waals surface area (Å²) < 4.78 is 36.8. The Kier molecular flexibility index (Phi) is 7.93. The van der Waals surface area contributed by atoms with E-state index in [4.69, 9.17) is 4.74 Å². The van der Waals surface area contributed by atoms with E-state index in [2.05, 4.69) is 10.4 Å². The second kappa shape index (κ2) is 11.3. The van der Waals surface area contributed by atoms with Crippen LogP contribution in [0, 0.1) is 25.5 Å². The SMILES string of the molecule is COCc1nn(Cc2ccc(Cn3ccc(C)cc3=O)cc2)cc1C(=O)NCc1c(F)ccc(C)c1F. The number of ether oxygens (including phenoxy) is 1. The van der Waals surface area contributed by atoms with Gasteiger partial charge in [0, 0.05) is 37.7 Å². The molecular weight excluding hydrogens is 478 g/mol. The highest BCUT2D eigenvalue weighted by Gasteiger charge is 2.18. The van der Waals surface area contributed by atoms with Crippen LogP contribution in [0.15, 0.2) is 65.7 Å². The number of halogens is 2. The van der Waals surface area contributed by atoms with Gasteiger partial charge >= 0.3 is 0 Å². The fraction of sp³-hybridized carbons (Fsp3) is 0.250. The van der Waals surface area contributed by atoms with Gasteiger partial charge in [0.1, 0.15) is 17.3 Å². The molecule has 0 aliphatic rings. The molecule has 0 spiro atoms. The molecule has 7 nitrogen and oxygen atoms in total. The number of methoxy groups -OCH3 is 1. The average Bonchev–Trinajstić information content (AvgIpc) is 3.26. The topological polar surface area (TPSA) is 78.2 Å². The summed E-state index contributed by atoms with van der Waals surface area (Å²) in [5.74, 6) is -1.90. The van der Waals surface area contributed by atoms with Crippen LogP contribution in [0.3, 0.4) is 0 Å². The van der Waals surface area contributed by atoms with Crippen molar-refractivity contribution in [2.45, 2.75) is 40.1 Å². The second-order valence-corrected chi connectivity index (χ2v) is 8.95. The molecule has 1 amide bonds. The highest BCUT2D eigenvalue weighted by Crippen LogP contribution is 2.17. The summed E-state index contributed by atoms with van der Waals surface area (Å²) in [7, 11) is 1.50. The number of nitrogens with one attached hydrogen (secondary N) is 1. The van der Waals surface area contributed by atoms with Crippen LogP contribution in [0.25, 0.3) is 0 Å². The molecule has 192 valence electrons. The van der Waals surface area contributed by atoms with Crippen LogP contribution in [-0.4, -0.2) is 27.4 Å². The molecule has 0 saturated carbocycles. The molecule has 0 saturated heterocycles. The number of aryl methyl sites for hydroxylation is 2. The maximum Gasteiger partial charge on any atom is 0.255 e. The Labute approximate surface area is 213 Å². The van der Waals surface area contributed by atoms with Gasteiger partial charge in [-0.25, -0.2) is 8.78 Å². The molecule has 2 heterocycles. The van der Waals surface area contributed by atoms with Gasteiger partial charge in [0.05, 0.1) is 25.3 Å². The van der Waals surface area contributed by atoms with E-state index in [-0.39, 0.29) is 29.8 Å². The average molecular weight is 507 g/mol. The van der Waals surface area contributed by atoms with Crippen molar-refractivity contribution in [3.63, 3.8) is 0 Å². The van der Waals surface area contributed by atoms with Gasteiger partial charge in [-0.05, 0) is 48.2 Å². The van der Waals surface area contributed by atoms with Crippen molar-refractivity contribution >= 4 is 5.91 Å². The van der Waals surface area contributed by atoms with E-state index in [9.17, 15) is 18.4 Å². The summed E-state index contributed by atoms with van der Waals surface area (Å²) in [5, 5.41) is 7.05. The van der Waals surface area contributed by atoms with E-state index < -0.39 is 17.5 Å². The van der Waals surface area contributed by atoms with E-state index in [1.165, 1.54) is 26.2 Å². The van der Waals surface area contributed by atoms with Crippen molar-refractivity contribution in [1.82, 2.24) is 19.7 Å². The largest absolute Gasteiger partial charge is 0.378 e. The molecule has 2 aromatic heterocycles. The smallest absolute Gasteiger partial charge is 0.255 e. The zero-order valence-corrected chi connectivity index (χ0v) is 20.9. The molecule has 37 heavy (non-hydrogen) atoms. The normalized spacial score (nSPS) is 11.1. The molecule has 0 atom stereocenters. The Bertz CT molecular complexity index is 1480. The van der Waals surface area contributed by atoms with Gasteiger partial charge in [-0.15, -0.1) is 0 Å². The first-order chi connectivity index (χ1) is 17.7. The third kappa shape index (κ3) is 6.18. The molecule has 4 rings (SSSR count). The number of carbonyl (C=O) groups is 1. The molecule has 0 radical (unpaired) electrons. The number of benzene rings is 2. The third-order valence-electron chi connectivity index (χ3n) is 6.04. The molecule has 0 aliphatic heterocycles. The molecule has 9 heteroatoms. The van der Waals surface area contributed by atoms with Crippen LogP contribution >= 0.6 is 0 Å². The number of aromatic nitrogens is 3. The molecule has 0 bridgehead atoms. The molecule has 0 aliphatic carbocycles. The highest BCUT2D eigenvalue weighted by molar-refractivity contribution is 5.95. The maximum absolute atomic E-state index is 14.3. The monoisotopic (exact) mass is 506 g/mol. The number of nitrogens with zero attached hydrogens (tertiary/aromatic N) is 3. The first-order valence-corrected chi connectivity index (χ1v) is 11.8. The summed E-state index contributed by atoms with van der Waals surface area (Å²) in [6.45, 7) is 4.10. The first kappa shape index (κ1) is 26.0. The number of carbonyl (C=O) groups excluding carboxylic acids is 1. The molecule has 4 aromatic rings. The fourth-order valence-corrected chi connectivity index (χ4v) is 3.99. The Balaban J connectivity index is 1.46. The Morgan fingerprint density at radius 3 is 2.41 bits per heavy atom. The predicted molar refractivity (Wildman–Crippen MR) is 135 cm³/mol. The summed E-state index contributed by atoms with van der Waals surface area (Å²) >= 11 is 0. The van der Waals surface area contributed by atoms with Crippen LogP contribution in [0.4, 0.5) is 8.78 Å². The zero-order chi connectivity index (χ0) is 26.5. The van der Waals surface area contributed by atoms with Gasteiger partial charge in [0.15, 0.2) is 0 Å². The van der Waals surface area contributed by atoms with Gasteiger partial charge in [-0.3, -0.25) is 14.3 Å². The van der Waals surface area contributed by atoms with E-state index in [0.717, 1.165) is 16.7 Å². The highest BCUT2D eigenvalue weighted by atomic mass is 19.1. The van der Waals surface area contributed by atoms with E-state index >= 15 is 0 Å². The fourth-order valence-electron chi connectivity index (χ4n) is 3.99. The number of rotatable bonds is 9. The van der Waals surface area contributed by atoms with Crippen LogP contribution in [-0.2, 0) is 31.0 Å². The summed E-state index contributed by atoms with van der Waals surface area (Å²) in [5.41, 5.74) is 3.59. The van der Waals surface area contributed by atoms with E-state index in [1.807, 2.05) is 37.3 Å². The summed E-state index contributed by atoms with van der Waals surface area (Å²) in [6.07, 6.45) is 3.37. The summed E-state index contributed by atoms with van der Waals surface area (Å²) in [6, 6.07) is 13.8. The van der Waals surface area contributed by atoms with E-state index in [1.54, 1.807) is 27.7 Å². The van der Waals surface area contributed by atoms with Crippen molar-refractivity contribution in [3.05, 3.63) is 122 Å². The number of hydrogen-bond acceptors (Lipinski definition) is 4. The van der Waals surface area contributed by atoms with Crippen molar-refractivity contribution in [2.24, 2.45) is 0 Å². The lowest BCUT2D eigenvalue weighted by Gasteiger charge is -2.09. The molecule has 1 N–H and O–H groups in total. The van der Waals surface area contributed by atoms with Crippen molar-refractivity contribution in [3.8, 4) is 0 Å². The predicted octanol–water partition coefficient (Wildman–Crippen LogP) is 4.11. The quantitative estimate of drug-likeness (QED) is 0.371. The molecule has 2 aromatic carbocycles. The van der Waals surface area contributed by atoms with Crippen molar-refractivity contribution < 1.29 is 18.3 Å². The van der Waals surface area contributed by atoms with Gasteiger partial charge in [-0.1, -0.05) is 30.3 Å². The molecule has 0 unspecified atom stereocenters. The lowest BCUT2D eigenvalue weighted by Crippen LogP contribution is -2.25. The van der Waals surface area contributed by atoms with Crippen LogP contribution in [0.1, 0.15) is 43.9 Å². The van der Waals surface area contributed by atoms with Crippen LogP contribution < -0.4 is 10.9 Å². The van der Waals surface area contributed by atoms with Gasteiger partial charge < -0.3 is 14.6 Å². The van der Waals surface area contributed by atoms with E-state index in [0.29, 0.717) is 24.3 Å². The molecule has 0 fully saturated rings. The Hall–Kier alpha value is -4.11. The van der Waals surface area contributed by atoms with Gasteiger partial charge in [0.25, 0.3) is 11.5 Å². The molecular formula is C28H28F2N4O3. The standard InChI is InChI=1S/C28H28F2N4O3/c1-18-10-11-33(26(35)12-18)14-20-5-7-21(8-6-20)15-34-16-23(25(32-34)17-37-3)28(36)31-13-22-24(29)9-4-19(2)27(22)30/h4-12,16H,13-15,17H2,1-3H3,(H,31,36). The number of pyridine rings is 1. The van der Waals surface area contributed by atoms with Crippen LogP contribution in [0.5, 0.6) is 0 Å². The van der Waals surface area contributed by atoms with Crippen molar-refractivity contribution in [1.29, 1.82) is 0 Å². The van der Waals surface area contributed by atoms with Gasteiger partial charge in [-0.2, -0.15) is 5.10 Å². The van der Waals surface area contributed by atoms with Crippen molar-refractivity contribution in [2.75, 3.05) is 7.11 Å². The zero-order valence-electron chi connectivity index (χ0n) is 20.9. The minimum atomic E-state index is -0.716. The number of amides is 1. The minimum absolute atomic E-state index is 0.0510. The Morgan fingerprint density at radius 1 is 1.03 bits per heavy atom. The number of hydrogen-bond donors (Lipinski definition) is 1. The van der Waals surface area contributed by atoms with Gasteiger partial charge in [0.2, 0.25) is 0 Å². The van der Waals surface area contributed by atoms with Crippen LogP contribution in [0.2, 0.25) is 0 Å². The third-order valence-corrected chi connectivity index (χ3v) is 6.04. The lowest BCUT2D eigenvalue weighted by molar-refractivity contribution is 0.0945. The Morgan fingerprint density at radius 2 is 1.73 bits per heavy atom.